The predicted molar refractivity (Wildman–Crippen MR) is 99.8 cm³/mol. The van der Waals surface area contributed by atoms with Crippen molar-refractivity contribution in [2.24, 2.45) is 0 Å². The molecule has 0 amide bonds. The fourth-order valence-corrected chi connectivity index (χ4v) is 4.03. The molecule has 2 aromatic rings. The third kappa shape index (κ3) is 3.70. The molecule has 0 aliphatic heterocycles. The van der Waals surface area contributed by atoms with Gasteiger partial charge in [-0.2, -0.15) is 0 Å². The summed E-state index contributed by atoms with van der Waals surface area (Å²) in [6, 6.07) is 14.2. The first-order chi connectivity index (χ1) is 11.7. The SMILES string of the molecule is CCCN(CCC)C1CCc2cccc(-c3ccc(F)cc3)c2C1. The Bertz CT molecular complexity index is 656. The van der Waals surface area contributed by atoms with Gasteiger partial charge < -0.3 is 4.90 Å². The lowest BCUT2D eigenvalue weighted by atomic mass is 9.83. The molecule has 1 unspecified atom stereocenters. The molecule has 0 bridgehead atoms. The number of hydrogen-bond acceptors (Lipinski definition) is 1. The number of benzene rings is 2. The summed E-state index contributed by atoms with van der Waals surface area (Å²) in [5.41, 5.74) is 5.36. The van der Waals surface area contributed by atoms with E-state index in [9.17, 15) is 4.39 Å². The third-order valence-corrected chi connectivity index (χ3v) is 5.15. The summed E-state index contributed by atoms with van der Waals surface area (Å²) in [6.07, 6.45) is 5.94. The molecule has 3 rings (SSSR count). The van der Waals surface area contributed by atoms with Crippen LogP contribution in [0.25, 0.3) is 11.1 Å². The van der Waals surface area contributed by atoms with E-state index in [-0.39, 0.29) is 5.82 Å². The van der Waals surface area contributed by atoms with Crippen molar-refractivity contribution < 1.29 is 4.39 Å². The van der Waals surface area contributed by atoms with E-state index >= 15 is 0 Å². The third-order valence-electron chi connectivity index (χ3n) is 5.15. The van der Waals surface area contributed by atoms with Crippen LogP contribution in [-0.2, 0) is 12.8 Å². The molecule has 1 atom stereocenters. The average molecular weight is 325 g/mol. The lowest BCUT2D eigenvalue weighted by molar-refractivity contribution is 0.180. The van der Waals surface area contributed by atoms with Gasteiger partial charge in [-0.05, 0) is 79.6 Å². The van der Waals surface area contributed by atoms with Crippen LogP contribution in [0.1, 0.15) is 44.2 Å². The molecule has 0 saturated carbocycles. The normalized spacial score (nSPS) is 17.1. The molecule has 128 valence electrons. The van der Waals surface area contributed by atoms with E-state index in [1.165, 1.54) is 49.0 Å². The molecule has 2 aromatic carbocycles. The Morgan fingerprint density at radius 2 is 1.71 bits per heavy atom. The van der Waals surface area contributed by atoms with E-state index < -0.39 is 0 Å². The summed E-state index contributed by atoms with van der Waals surface area (Å²) in [7, 11) is 0. The average Bonchev–Trinajstić information content (AvgIpc) is 2.61. The Labute approximate surface area is 145 Å². The molecule has 1 nitrogen and oxygen atoms in total. The van der Waals surface area contributed by atoms with Crippen molar-refractivity contribution in [2.45, 2.75) is 52.0 Å². The van der Waals surface area contributed by atoms with Gasteiger partial charge in [0.25, 0.3) is 0 Å². The standard InChI is InChI=1S/C22H28FN/c1-3-14-24(15-4-2)20-13-10-17-6-5-7-21(22(17)16-20)18-8-11-19(23)12-9-18/h5-9,11-12,20H,3-4,10,13-16H2,1-2H3. The highest BCUT2D eigenvalue weighted by Gasteiger charge is 2.25. The second-order valence-corrected chi connectivity index (χ2v) is 6.88. The van der Waals surface area contributed by atoms with Gasteiger partial charge in [-0.15, -0.1) is 0 Å². The van der Waals surface area contributed by atoms with Gasteiger partial charge in [0.1, 0.15) is 5.82 Å². The molecule has 0 heterocycles. The maximum Gasteiger partial charge on any atom is 0.123 e. The zero-order chi connectivity index (χ0) is 16.9. The maximum absolute atomic E-state index is 13.3. The number of nitrogens with zero attached hydrogens (tertiary/aromatic N) is 1. The van der Waals surface area contributed by atoms with Crippen molar-refractivity contribution in [3.63, 3.8) is 0 Å². The topological polar surface area (TPSA) is 3.24 Å². The number of rotatable bonds is 6. The van der Waals surface area contributed by atoms with Gasteiger partial charge in [-0.3, -0.25) is 0 Å². The van der Waals surface area contributed by atoms with E-state index in [1.807, 2.05) is 12.1 Å². The summed E-state index contributed by atoms with van der Waals surface area (Å²) in [5.74, 6) is -0.168. The van der Waals surface area contributed by atoms with Gasteiger partial charge in [0.2, 0.25) is 0 Å². The van der Waals surface area contributed by atoms with E-state index in [0.717, 1.165) is 18.4 Å². The highest BCUT2D eigenvalue weighted by Crippen LogP contribution is 2.33. The van der Waals surface area contributed by atoms with Crippen LogP contribution in [0.4, 0.5) is 4.39 Å². The molecular weight excluding hydrogens is 297 g/mol. The molecule has 24 heavy (non-hydrogen) atoms. The summed E-state index contributed by atoms with van der Waals surface area (Å²) < 4.78 is 13.3. The van der Waals surface area contributed by atoms with Crippen molar-refractivity contribution in [3.8, 4) is 11.1 Å². The highest BCUT2D eigenvalue weighted by atomic mass is 19.1. The van der Waals surface area contributed by atoms with Crippen molar-refractivity contribution in [3.05, 3.63) is 59.4 Å². The van der Waals surface area contributed by atoms with Crippen LogP contribution < -0.4 is 0 Å². The van der Waals surface area contributed by atoms with Crippen LogP contribution in [0.3, 0.4) is 0 Å². The Balaban J connectivity index is 1.90. The molecule has 0 saturated heterocycles. The molecule has 0 N–H and O–H groups in total. The minimum atomic E-state index is -0.168. The van der Waals surface area contributed by atoms with Crippen LogP contribution >= 0.6 is 0 Å². The summed E-state index contributed by atoms with van der Waals surface area (Å²) in [5, 5.41) is 0. The Kier molecular flexibility index (Phi) is 5.68. The van der Waals surface area contributed by atoms with Gasteiger partial charge in [-0.1, -0.05) is 44.2 Å². The Hall–Kier alpha value is -1.67. The number of fused-ring (bicyclic) bond motifs is 1. The van der Waals surface area contributed by atoms with E-state index in [4.69, 9.17) is 0 Å². The monoisotopic (exact) mass is 325 g/mol. The van der Waals surface area contributed by atoms with Gasteiger partial charge in [0.05, 0.1) is 0 Å². The van der Waals surface area contributed by atoms with Crippen molar-refractivity contribution in [2.75, 3.05) is 13.1 Å². The number of halogens is 1. The van der Waals surface area contributed by atoms with Gasteiger partial charge >= 0.3 is 0 Å². The Morgan fingerprint density at radius 1 is 1.00 bits per heavy atom. The molecule has 0 fully saturated rings. The zero-order valence-electron chi connectivity index (χ0n) is 14.9. The van der Waals surface area contributed by atoms with E-state index in [2.05, 4.69) is 36.9 Å². The van der Waals surface area contributed by atoms with Crippen LogP contribution in [0.2, 0.25) is 0 Å². The smallest absolute Gasteiger partial charge is 0.123 e. The number of hydrogen-bond donors (Lipinski definition) is 0. The van der Waals surface area contributed by atoms with Crippen molar-refractivity contribution in [1.29, 1.82) is 0 Å². The molecule has 0 aromatic heterocycles. The zero-order valence-corrected chi connectivity index (χ0v) is 14.9. The Morgan fingerprint density at radius 3 is 2.38 bits per heavy atom. The minimum absolute atomic E-state index is 0.168. The second kappa shape index (κ2) is 7.94. The molecular formula is C22H28FN. The van der Waals surface area contributed by atoms with Gasteiger partial charge in [0, 0.05) is 6.04 Å². The lowest BCUT2D eigenvalue weighted by Crippen LogP contribution is -2.40. The number of aryl methyl sites for hydroxylation is 1. The summed E-state index contributed by atoms with van der Waals surface area (Å²) in [6.45, 7) is 6.91. The van der Waals surface area contributed by atoms with Crippen LogP contribution in [0.15, 0.2) is 42.5 Å². The van der Waals surface area contributed by atoms with Crippen LogP contribution in [0, 0.1) is 5.82 Å². The minimum Gasteiger partial charge on any atom is -0.300 e. The molecule has 2 heteroatoms. The summed E-state index contributed by atoms with van der Waals surface area (Å²) >= 11 is 0. The fraction of sp³-hybridized carbons (Fsp3) is 0.455. The van der Waals surface area contributed by atoms with Gasteiger partial charge in [0.15, 0.2) is 0 Å². The summed E-state index contributed by atoms with van der Waals surface area (Å²) in [4.78, 5) is 2.67. The maximum atomic E-state index is 13.3. The first-order valence-corrected chi connectivity index (χ1v) is 9.33. The molecule has 1 aliphatic carbocycles. The molecule has 1 aliphatic rings. The quantitative estimate of drug-likeness (QED) is 0.680. The van der Waals surface area contributed by atoms with E-state index in [1.54, 1.807) is 12.1 Å². The lowest BCUT2D eigenvalue weighted by Gasteiger charge is -2.36. The van der Waals surface area contributed by atoms with Gasteiger partial charge in [-0.25, -0.2) is 4.39 Å². The largest absolute Gasteiger partial charge is 0.300 e. The van der Waals surface area contributed by atoms with Crippen molar-refractivity contribution in [1.82, 2.24) is 4.90 Å². The van der Waals surface area contributed by atoms with E-state index in [0.29, 0.717) is 6.04 Å². The molecule has 0 spiro atoms. The predicted octanol–water partition coefficient (Wildman–Crippen LogP) is 5.47. The molecule has 0 radical (unpaired) electrons. The first kappa shape index (κ1) is 17.2. The van der Waals surface area contributed by atoms with Crippen molar-refractivity contribution >= 4 is 0 Å². The fourth-order valence-electron chi connectivity index (χ4n) is 4.03. The first-order valence-electron chi connectivity index (χ1n) is 9.33. The van der Waals surface area contributed by atoms with Crippen LogP contribution in [0.5, 0.6) is 0 Å². The van der Waals surface area contributed by atoms with Crippen LogP contribution in [-0.4, -0.2) is 24.0 Å². The second-order valence-electron chi connectivity index (χ2n) is 6.88. The highest BCUT2D eigenvalue weighted by molar-refractivity contribution is 5.69.